The Hall–Kier alpha value is -3.18. The highest BCUT2D eigenvalue weighted by Gasteiger charge is 2.54. The number of hydrogen-bond acceptors (Lipinski definition) is 13. The molecule has 2 aromatic carbocycles. The minimum atomic E-state index is -1.79. The molecule has 286 valence electrons. The number of ether oxygens (including phenoxy) is 2. The number of benzene rings is 2. The van der Waals surface area contributed by atoms with Gasteiger partial charge in [0.25, 0.3) is 0 Å². The first-order valence-corrected chi connectivity index (χ1v) is 20.9. The lowest BCUT2D eigenvalue weighted by Gasteiger charge is -2.41. The monoisotopic (exact) mass is 768 g/mol. The van der Waals surface area contributed by atoms with Crippen LogP contribution in [0.3, 0.4) is 0 Å². The molecule has 3 aromatic rings. The molecule has 2 bridgehead atoms. The van der Waals surface area contributed by atoms with Crippen LogP contribution in [0.2, 0.25) is 0 Å². The second kappa shape index (κ2) is 13.8. The Labute approximate surface area is 314 Å². The van der Waals surface area contributed by atoms with Gasteiger partial charge in [0.05, 0.1) is 41.4 Å². The Balaban J connectivity index is 1.48. The Morgan fingerprint density at radius 2 is 1.79 bits per heavy atom. The van der Waals surface area contributed by atoms with Gasteiger partial charge in [0, 0.05) is 35.1 Å². The number of nitrogens with one attached hydrogen (secondary N) is 1. The topological polar surface area (TPSA) is 226 Å². The maximum absolute atomic E-state index is 15.6. The zero-order chi connectivity index (χ0) is 37.3. The van der Waals surface area contributed by atoms with Crippen LogP contribution >= 0.6 is 21.6 Å². The summed E-state index contributed by atoms with van der Waals surface area (Å²) in [6, 6.07) is 7.08. The molecule has 2 saturated carbocycles. The van der Waals surface area contributed by atoms with Crippen LogP contribution in [0, 0.1) is 0 Å². The van der Waals surface area contributed by atoms with E-state index in [1.54, 1.807) is 19.1 Å². The Morgan fingerprint density at radius 3 is 2.47 bits per heavy atom. The summed E-state index contributed by atoms with van der Waals surface area (Å²) in [7, 11) is 2.66. The number of fused-ring (bicyclic) bond motifs is 4. The van der Waals surface area contributed by atoms with E-state index in [0.29, 0.717) is 42.0 Å². The van der Waals surface area contributed by atoms with Crippen LogP contribution in [0.25, 0.3) is 11.0 Å². The lowest BCUT2D eigenvalue weighted by atomic mass is 9.70. The van der Waals surface area contributed by atoms with E-state index in [-0.39, 0.29) is 70.9 Å². The summed E-state index contributed by atoms with van der Waals surface area (Å²) in [6.07, 6.45) is 5.27. The molecule has 5 aliphatic rings. The summed E-state index contributed by atoms with van der Waals surface area (Å²) in [5.41, 5.74) is 12.2. The fourth-order valence-corrected chi connectivity index (χ4v) is 12.5. The molecule has 2 fully saturated rings. The van der Waals surface area contributed by atoms with Gasteiger partial charge in [-0.3, -0.25) is 15.5 Å². The molecule has 13 nitrogen and oxygen atoms in total. The number of anilines is 1. The van der Waals surface area contributed by atoms with Crippen molar-refractivity contribution in [3.05, 3.63) is 62.5 Å². The van der Waals surface area contributed by atoms with Crippen molar-refractivity contribution in [2.45, 2.75) is 117 Å². The number of hydrogen-bond donors (Lipinski definition) is 8. The Bertz CT molecular complexity index is 1980. The highest BCUT2D eigenvalue weighted by molar-refractivity contribution is 8.76. The lowest BCUT2D eigenvalue weighted by molar-refractivity contribution is -0.0727. The van der Waals surface area contributed by atoms with E-state index in [0.717, 1.165) is 43.2 Å². The van der Waals surface area contributed by atoms with Crippen molar-refractivity contribution in [1.82, 2.24) is 0 Å². The number of nitrogens with zero attached hydrogens (tertiary/aromatic N) is 1. The minimum Gasteiger partial charge on any atom is -0.489 e. The molecule has 0 radical (unpaired) electrons. The van der Waals surface area contributed by atoms with Gasteiger partial charge in [0.15, 0.2) is 5.96 Å². The van der Waals surface area contributed by atoms with E-state index in [1.807, 2.05) is 12.1 Å². The van der Waals surface area contributed by atoms with Crippen LogP contribution in [0.5, 0.6) is 11.5 Å². The van der Waals surface area contributed by atoms with Crippen molar-refractivity contribution in [3.8, 4) is 11.5 Å². The van der Waals surface area contributed by atoms with Crippen molar-refractivity contribution in [2.75, 3.05) is 24.4 Å². The van der Waals surface area contributed by atoms with Crippen LogP contribution in [-0.2, 0) is 5.60 Å². The molecule has 8 rings (SSSR count). The first-order chi connectivity index (χ1) is 25.4. The normalized spacial score (nSPS) is 32.4. The lowest BCUT2D eigenvalue weighted by Crippen LogP contribution is -2.47. The summed E-state index contributed by atoms with van der Waals surface area (Å²) in [4.78, 5) is 20.1. The third-order valence-electron chi connectivity index (χ3n) is 12.1. The van der Waals surface area contributed by atoms with Gasteiger partial charge in [-0.15, -0.1) is 0 Å². The summed E-state index contributed by atoms with van der Waals surface area (Å²) in [5, 5.41) is 55.6. The van der Waals surface area contributed by atoms with E-state index < -0.39 is 40.6 Å². The van der Waals surface area contributed by atoms with Gasteiger partial charge in [-0.2, -0.15) is 0 Å². The van der Waals surface area contributed by atoms with E-state index in [1.165, 1.54) is 21.6 Å². The van der Waals surface area contributed by atoms with Crippen LogP contribution in [0.4, 0.5) is 5.69 Å². The van der Waals surface area contributed by atoms with Crippen molar-refractivity contribution < 1.29 is 39.5 Å². The fraction of sp³-hybridized carbons (Fsp3) is 0.579. The molecular weight excluding hydrogens is 721 g/mol. The van der Waals surface area contributed by atoms with Crippen molar-refractivity contribution in [3.63, 3.8) is 0 Å². The molecule has 1 aromatic heterocycles. The third kappa shape index (κ3) is 6.16. The first-order valence-electron chi connectivity index (χ1n) is 18.5. The molecular formula is C38H48N4O9S2. The maximum atomic E-state index is 15.6. The number of nitrogens with two attached hydrogens (primary N) is 2. The fourth-order valence-electron chi connectivity index (χ4n) is 9.59. The average molecular weight is 769 g/mol. The van der Waals surface area contributed by atoms with Crippen molar-refractivity contribution in [2.24, 2.45) is 16.5 Å². The predicted octanol–water partition coefficient (Wildman–Crippen LogP) is 4.63. The van der Waals surface area contributed by atoms with Gasteiger partial charge >= 0.3 is 0 Å². The van der Waals surface area contributed by atoms with Crippen LogP contribution in [-0.4, -0.2) is 73.9 Å². The van der Waals surface area contributed by atoms with Crippen LogP contribution < -0.4 is 31.8 Å². The second-order valence-corrected chi connectivity index (χ2v) is 18.3. The molecule has 7 atom stereocenters. The van der Waals surface area contributed by atoms with Crippen LogP contribution in [0.15, 0.2) is 38.5 Å². The molecule has 2 aliphatic heterocycles. The highest BCUT2D eigenvalue weighted by atomic mass is 33.1. The zero-order valence-corrected chi connectivity index (χ0v) is 31.3. The van der Waals surface area contributed by atoms with Gasteiger partial charge in [-0.25, -0.2) is 4.99 Å². The summed E-state index contributed by atoms with van der Waals surface area (Å²) in [5.74, 6) is 0.00245. The van der Waals surface area contributed by atoms with Gasteiger partial charge in [0.2, 0.25) is 5.43 Å². The number of guanidine groups is 1. The summed E-state index contributed by atoms with van der Waals surface area (Å²) >= 11 is 0. The first kappa shape index (κ1) is 36.8. The van der Waals surface area contributed by atoms with E-state index in [4.69, 9.17) is 25.4 Å². The molecule has 15 heteroatoms. The molecule has 3 heterocycles. The van der Waals surface area contributed by atoms with Gasteiger partial charge in [0.1, 0.15) is 45.5 Å². The smallest absolute Gasteiger partial charge is 0.200 e. The number of rotatable bonds is 7. The molecule has 0 saturated heterocycles. The zero-order valence-electron chi connectivity index (χ0n) is 29.7. The molecule has 0 amide bonds. The largest absolute Gasteiger partial charge is 0.489 e. The Morgan fingerprint density at radius 1 is 1.04 bits per heavy atom. The third-order valence-corrected chi connectivity index (χ3v) is 14.9. The quantitative estimate of drug-likeness (QED) is 0.0710. The van der Waals surface area contributed by atoms with E-state index >= 15 is 4.79 Å². The highest BCUT2D eigenvalue weighted by Crippen LogP contribution is 2.61. The SMILES string of the molecule is C[C@]1(O)CCC[C@H]2c3c(c4c5oc6c(c(=O)c5c3OC3CCCC3)[C@H](c3ccc(NO)cc3)CC[C@@]6(O)C[C@@](CO)(N=C(N)N)CSS[C@@H]4CO)O[C@@H]21. The predicted molar refractivity (Wildman–Crippen MR) is 204 cm³/mol. The molecule has 10 N–H and O–H groups in total. The molecule has 0 unspecified atom stereocenters. The molecule has 0 spiro atoms. The van der Waals surface area contributed by atoms with E-state index in [2.05, 4.69) is 10.5 Å². The number of aliphatic imine (C=N–C) groups is 1. The number of aliphatic hydroxyl groups is 4. The standard InChI is InChI=1S/C38H48N4O9S2/c1-36(46)13-4-7-23-26-30(50-33(23)36)27-24(15-43)53-52-18-37(17-44,41-35(39)40)16-38(47)14-12-22(19-8-10-20(42-48)11-9-19)25-29(45)28(32(27)51-34(25)38)31(26)49-21-5-2-3-6-21/h8-11,21-24,33,42-44,46-48H,2-7,12-18H2,1H3,(H4,39,40,41)/t22-,23-,24+,33-,36-,37-,38+/m0/s1. The Kier molecular flexibility index (Phi) is 9.60. The van der Waals surface area contributed by atoms with Crippen molar-refractivity contribution >= 4 is 44.2 Å². The molecule has 53 heavy (non-hydrogen) atoms. The van der Waals surface area contributed by atoms with Crippen molar-refractivity contribution in [1.29, 1.82) is 0 Å². The summed E-state index contributed by atoms with van der Waals surface area (Å²) < 4.78 is 20.7. The van der Waals surface area contributed by atoms with Gasteiger partial charge < -0.3 is 45.8 Å². The van der Waals surface area contributed by atoms with Gasteiger partial charge in [-0.05, 0) is 82.4 Å². The minimum absolute atomic E-state index is 0.0447. The summed E-state index contributed by atoms with van der Waals surface area (Å²) in [6.45, 7) is 0.922. The van der Waals surface area contributed by atoms with Crippen LogP contribution in [0.1, 0.15) is 116 Å². The maximum Gasteiger partial charge on any atom is 0.200 e. The van der Waals surface area contributed by atoms with Gasteiger partial charge in [-0.1, -0.05) is 33.7 Å². The van der Waals surface area contributed by atoms with E-state index in [9.17, 15) is 25.6 Å². The second-order valence-electron chi connectivity index (χ2n) is 15.8. The molecule has 3 aliphatic carbocycles. The number of aliphatic hydroxyl groups excluding tert-OH is 2. The average Bonchev–Trinajstić information content (AvgIpc) is 3.79.